The zero-order chi connectivity index (χ0) is 21.7. The van der Waals surface area contributed by atoms with Crippen molar-refractivity contribution in [3.63, 3.8) is 0 Å². The molecule has 1 atom stereocenters. The summed E-state index contributed by atoms with van der Waals surface area (Å²) in [5, 5.41) is 4.66. The largest absolute Gasteiger partial charge is 0.378 e. The van der Waals surface area contributed by atoms with E-state index in [0.717, 1.165) is 21.4 Å². The van der Waals surface area contributed by atoms with E-state index in [1.807, 2.05) is 36.4 Å². The number of pyridine rings is 1. The fraction of sp³-hybridized carbons (Fsp3) is 0.364. The van der Waals surface area contributed by atoms with Crippen LogP contribution in [0.25, 0.3) is 5.69 Å². The van der Waals surface area contributed by atoms with Crippen molar-refractivity contribution in [3.05, 3.63) is 70.0 Å². The van der Waals surface area contributed by atoms with Gasteiger partial charge in [0.2, 0.25) is 5.82 Å². The molecule has 1 unspecified atom stereocenters. The Hall–Kier alpha value is -2.66. The van der Waals surface area contributed by atoms with E-state index < -0.39 is 5.72 Å². The predicted octanol–water partition coefficient (Wildman–Crippen LogP) is 1.94. The third kappa shape index (κ3) is 3.01. The van der Waals surface area contributed by atoms with Crippen LogP contribution < -0.4 is 0 Å². The van der Waals surface area contributed by atoms with Gasteiger partial charge >= 0.3 is 0 Å². The maximum absolute atomic E-state index is 13.1. The van der Waals surface area contributed by atoms with Gasteiger partial charge in [0.05, 0.1) is 37.7 Å². The van der Waals surface area contributed by atoms with Crippen LogP contribution in [0.3, 0.4) is 0 Å². The molecule has 10 heteroatoms. The lowest BCUT2D eigenvalue weighted by Gasteiger charge is -2.35. The van der Waals surface area contributed by atoms with Crippen molar-refractivity contribution in [2.75, 3.05) is 39.5 Å². The first kappa shape index (κ1) is 20.0. The number of nitrogens with zero attached hydrogens (tertiary/aromatic N) is 6. The fourth-order valence-corrected chi connectivity index (χ4v) is 5.06. The Morgan fingerprint density at radius 3 is 2.78 bits per heavy atom. The number of amides is 1. The first-order chi connectivity index (χ1) is 15.7. The van der Waals surface area contributed by atoms with Gasteiger partial charge in [0, 0.05) is 35.9 Å². The number of morpholine rings is 1. The highest BCUT2D eigenvalue weighted by molar-refractivity contribution is 9.10. The van der Waals surface area contributed by atoms with Crippen molar-refractivity contribution in [1.29, 1.82) is 0 Å². The van der Waals surface area contributed by atoms with Crippen LogP contribution >= 0.6 is 15.9 Å². The molecule has 3 aliphatic heterocycles. The smallest absolute Gasteiger partial charge is 0.293 e. The molecule has 0 N–H and O–H groups in total. The molecule has 3 aromatic rings. The Balaban J connectivity index is 1.51. The standard InChI is InChI=1S/C22H21BrN6O3/c23-15-4-5-17-16(13-15)22(18-3-1-2-6-24-18)28(9-12-32-22)14-19-25-20(26-29(17)19)21(30)27-7-10-31-11-8-27/h1-6,13H,7-12,14H2. The van der Waals surface area contributed by atoms with Crippen LogP contribution in [0.1, 0.15) is 27.7 Å². The second-order valence-corrected chi connectivity index (χ2v) is 8.87. The first-order valence-electron chi connectivity index (χ1n) is 10.6. The second-order valence-electron chi connectivity index (χ2n) is 7.96. The van der Waals surface area contributed by atoms with E-state index >= 15 is 0 Å². The summed E-state index contributed by atoms with van der Waals surface area (Å²) in [6, 6.07) is 11.8. The molecule has 2 aromatic heterocycles. The highest BCUT2D eigenvalue weighted by Gasteiger charge is 2.51. The quantitative estimate of drug-likeness (QED) is 0.535. The molecule has 0 bridgehead atoms. The Bertz CT molecular complexity index is 1180. The lowest BCUT2D eigenvalue weighted by atomic mass is 9.95. The van der Waals surface area contributed by atoms with Gasteiger partial charge in [-0.15, -0.1) is 5.10 Å². The van der Waals surface area contributed by atoms with Crippen molar-refractivity contribution in [2.45, 2.75) is 12.3 Å². The maximum Gasteiger partial charge on any atom is 0.293 e. The van der Waals surface area contributed by atoms with Crippen LogP contribution in [0.2, 0.25) is 0 Å². The third-order valence-corrected chi connectivity index (χ3v) is 6.67. The highest BCUT2D eigenvalue weighted by atomic mass is 79.9. The molecule has 2 saturated heterocycles. The number of rotatable bonds is 2. The van der Waals surface area contributed by atoms with Gasteiger partial charge in [-0.05, 0) is 30.3 Å². The van der Waals surface area contributed by atoms with E-state index in [0.29, 0.717) is 51.8 Å². The molecule has 3 aliphatic rings. The van der Waals surface area contributed by atoms with E-state index in [9.17, 15) is 4.79 Å². The average molecular weight is 497 g/mol. The number of aromatic nitrogens is 4. The van der Waals surface area contributed by atoms with Gasteiger partial charge in [-0.1, -0.05) is 22.0 Å². The molecule has 1 aromatic carbocycles. The van der Waals surface area contributed by atoms with Crippen molar-refractivity contribution in [1.82, 2.24) is 29.5 Å². The molecular formula is C22H21BrN6O3. The summed E-state index contributed by atoms with van der Waals surface area (Å²) in [6.45, 7) is 3.93. The van der Waals surface area contributed by atoms with Gasteiger partial charge in [0.15, 0.2) is 5.72 Å². The Morgan fingerprint density at radius 1 is 1.09 bits per heavy atom. The van der Waals surface area contributed by atoms with Crippen molar-refractivity contribution in [3.8, 4) is 5.69 Å². The first-order valence-corrected chi connectivity index (χ1v) is 11.4. The van der Waals surface area contributed by atoms with Gasteiger partial charge in [0.25, 0.3) is 5.91 Å². The molecule has 0 spiro atoms. The number of carbonyl (C=O) groups excluding carboxylic acids is 1. The number of halogens is 1. The monoisotopic (exact) mass is 496 g/mol. The van der Waals surface area contributed by atoms with Gasteiger partial charge in [-0.2, -0.15) is 0 Å². The van der Waals surface area contributed by atoms with E-state index in [2.05, 4.69) is 35.9 Å². The predicted molar refractivity (Wildman–Crippen MR) is 117 cm³/mol. The van der Waals surface area contributed by atoms with Crippen molar-refractivity contribution < 1.29 is 14.3 Å². The zero-order valence-corrected chi connectivity index (χ0v) is 18.9. The minimum atomic E-state index is -0.850. The SMILES string of the molecule is O=C(c1nc2n(n1)-c1ccc(Br)cc1C1(c3ccccn3)OCCN1C2)N1CCOCC1. The minimum absolute atomic E-state index is 0.166. The lowest BCUT2D eigenvalue weighted by Crippen LogP contribution is -2.43. The minimum Gasteiger partial charge on any atom is -0.378 e. The molecule has 164 valence electrons. The summed E-state index contributed by atoms with van der Waals surface area (Å²) >= 11 is 3.62. The summed E-state index contributed by atoms with van der Waals surface area (Å²) in [5.74, 6) is 0.746. The molecule has 5 heterocycles. The summed E-state index contributed by atoms with van der Waals surface area (Å²) in [4.78, 5) is 26.4. The van der Waals surface area contributed by atoms with E-state index in [4.69, 9.17) is 9.47 Å². The lowest BCUT2D eigenvalue weighted by molar-refractivity contribution is -0.0586. The van der Waals surface area contributed by atoms with Crippen LogP contribution in [-0.2, 0) is 21.7 Å². The normalized spacial score (nSPS) is 22.7. The maximum atomic E-state index is 13.1. The summed E-state index contributed by atoms with van der Waals surface area (Å²) in [7, 11) is 0. The van der Waals surface area contributed by atoms with Crippen LogP contribution in [0.15, 0.2) is 47.1 Å². The number of hydrogen-bond acceptors (Lipinski definition) is 7. The number of fused-ring (bicyclic) bond motifs is 5. The molecule has 6 rings (SSSR count). The molecule has 0 aliphatic carbocycles. The Morgan fingerprint density at radius 2 is 1.97 bits per heavy atom. The molecule has 32 heavy (non-hydrogen) atoms. The Kier molecular flexibility index (Phi) is 4.83. The fourth-order valence-electron chi connectivity index (χ4n) is 4.70. The molecular weight excluding hydrogens is 476 g/mol. The van der Waals surface area contributed by atoms with Crippen LogP contribution in [0, 0.1) is 0 Å². The molecule has 0 radical (unpaired) electrons. The molecule has 9 nitrogen and oxygen atoms in total. The molecule has 0 saturated carbocycles. The van der Waals surface area contributed by atoms with Crippen molar-refractivity contribution >= 4 is 21.8 Å². The third-order valence-electron chi connectivity index (χ3n) is 6.18. The van der Waals surface area contributed by atoms with Crippen LogP contribution in [0.5, 0.6) is 0 Å². The average Bonchev–Trinajstić information content (AvgIpc) is 3.43. The zero-order valence-electron chi connectivity index (χ0n) is 17.3. The molecule has 1 amide bonds. The van der Waals surface area contributed by atoms with Crippen LogP contribution in [-0.4, -0.2) is 74.9 Å². The summed E-state index contributed by atoms with van der Waals surface area (Å²) in [6.07, 6.45) is 1.78. The van der Waals surface area contributed by atoms with Crippen LogP contribution in [0.4, 0.5) is 0 Å². The highest BCUT2D eigenvalue weighted by Crippen LogP contribution is 2.45. The van der Waals surface area contributed by atoms with Gasteiger partial charge in [-0.25, -0.2) is 9.67 Å². The van der Waals surface area contributed by atoms with Gasteiger partial charge in [-0.3, -0.25) is 14.7 Å². The van der Waals surface area contributed by atoms with Gasteiger partial charge in [0.1, 0.15) is 5.82 Å². The number of carbonyl (C=O) groups is 1. The molecule has 2 fully saturated rings. The summed E-state index contributed by atoms with van der Waals surface area (Å²) in [5.41, 5.74) is 1.70. The Labute approximate surface area is 193 Å². The second kappa shape index (κ2) is 7.73. The number of benzene rings is 1. The van der Waals surface area contributed by atoms with Gasteiger partial charge < -0.3 is 14.4 Å². The van der Waals surface area contributed by atoms with E-state index in [-0.39, 0.29) is 11.7 Å². The topological polar surface area (TPSA) is 85.6 Å². The van der Waals surface area contributed by atoms with E-state index in [1.54, 1.807) is 15.8 Å². The summed E-state index contributed by atoms with van der Waals surface area (Å²) < 4.78 is 14.5. The number of hydrogen-bond donors (Lipinski definition) is 0. The van der Waals surface area contributed by atoms with Crippen molar-refractivity contribution in [2.24, 2.45) is 0 Å². The number of ether oxygens (including phenoxy) is 2. The van der Waals surface area contributed by atoms with E-state index in [1.165, 1.54) is 0 Å².